The van der Waals surface area contributed by atoms with E-state index in [1.165, 1.54) is 51.4 Å². The molecule has 2 fully saturated rings. The first-order valence-corrected chi connectivity index (χ1v) is 7.31. The first-order chi connectivity index (χ1) is 7.55. The quantitative estimate of drug-likeness (QED) is 0.694. The third kappa shape index (κ3) is 3.48. The average Bonchev–Trinajstić information content (AvgIpc) is 2.41. The molecule has 16 heavy (non-hydrogen) atoms. The molecule has 3 atom stereocenters. The molecular formula is C15H29N. The molecule has 94 valence electrons. The van der Waals surface area contributed by atoms with Crippen molar-refractivity contribution in [2.75, 3.05) is 0 Å². The number of hydrogen-bond donors (Lipinski definition) is 1. The smallest absolute Gasteiger partial charge is 0.00749 e. The van der Waals surface area contributed by atoms with Crippen molar-refractivity contribution in [3.8, 4) is 0 Å². The van der Waals surface area contributed by atoms with Gasteiger partial charge in [0.1, 0.15) is 0 Å². The van der Waals surface area contributed by atoms with Crippen LogP contribution in [0.4, 0.5) is 0 Å². The Morgan fingerprint density at radius 3 is 2.44 bits per heavy atom. The third-order valence-electron chi connectivity index (χ3n) is 4.70. The van der Waals surface area contributed by atoms with Crippen molar-refractivity contribution in [1.82, 2.24) is 5.32 Å². The van der Waals surface area contributed by atoms with E-state index in [9.17, 15) is 0 Å². The summed E-state index contributed by atoms with van der Waals surface area (Å²) in [6.07, 6.45) is 11.4. The van der Waals surface area contributed by atoms with Crippen LogP contribution in [0.15, 0.2) is 0 Å². The number of nitrogens with one attached hydrogen (secondary N) is 1. The van der Waals surface area contributed by atoms with E-state index in [-0.39, 0.29) is 0 Å². The van der Waals surface area contributed by atoms with Crippen LogP contribution in [0.1, 0.15) is 72.1 Å². The Balaban J connectivity index is 1.77. The summed E-state index contributed by atoms with van der Waals surface area (Å²) >= 11 is 0. The van der Waals surface area contributed by atoms with Crippen molar-refractivity contribution in [3.05, 3.63) is 0 Å². The summed E-state index contributed by atoms with van der Waals surface area (Å²) in [5.74, 6) is 0.965. The Hall–Kier alpha value is -0.0400. The van der Waals surface area contributed by atoms with E-state index in [0.717, 1.165) is 18.0 Å². The van der Waals surface area contributed by atoms with E-state index in [1.807, 2.05) is 0 Å². The van der Waals surface area contributed by atoms with Crippen LogP contribution in [0.5, 0.6) is 0 Å². The monoisotopic (exact) mass is 223 g/mol. The average molecular weight is 223 g/mol. The highest BCUT2D eigenvalue weighted by Gasteiger charge is 2.32. The molecule has 2 aliphatic carbocycles. The molecule has 1 N–H and O–H groups in total. The van der Waals surface area contributed by atoms with Crippen LogP contribution in [-0.2, 0) is 0 Å². The number of rotatable bonds is 2. The molecule has 1 heteroatoms. The molecule has 0 aromatic carbocycles. The zero-order valence-electron chi connectivity index (χ0n) is 11.4. The highest BCUT2D eigenvalue weighted by atomic mass is 15.0. The normalized spacial score (nSPS) is 39.6. The van der Waals surface area contributed by atoms with Crippen LogP contribution in [0, 0.1) is 11.3 Å². The minimum Gasteiger partial charge on any atom is -0.311 e. The van der Waals surface area contributed by atoms with Gasteiger partial charge in [0.25, 0.3) is 0 Å². The van der Waals surface area contributed by atoms with Crippen molar-refractivity contribution >= 4 is 0 Å². The lowest BCUT2D eigenvalue weighted by atomic mass is 9.91. The second-order valence-electron chi connectivity index (χ2n) is 7.08. The van der Waals surface area contributed by atoms with Crippen LogP contribution < -0.4 is 5.32 Å². The summed E-state index contributed by atoms with van der Waals surface area (Å²) in [7, 11) is 0. The molecule has 0 heterocycles. The minimum atomic E-state index is 0.593. The van der Waals surface area contributed by atoms with Gasteiger partial charge in [-0.3, -0.25) is 0 Å². The van der Waals surface area contributed by atoms with Gasteiger partial charge in [0.15, 0.2) is 0 Å². The molecule has 0 aliphatic heterocycles. The molecule has 2 aliphatic rings. The van der Waals surface area contributed by atoms with Crippen molar-refractivity contribution in [3.63, 3.8) is 0 Å². The highest BCUT2D eigenvalue weighted by Crippen LogP contribution is 2.37. The van der Waals surface area contributed by atoms with Gasteiger partial charge in [-0.15, -0.1) is 0 Å². The van der Waals surface area contributed by atoms with Crippen LogP contribution in [0.25, 0.3) is 0 Å². The van der Waals surface area contributed by atoms with E-state index in [4.69, 9.17) is 0 Å². The van der Waals surface area contributed by atoms with Crippen molar-refractivity contribution < 1.29 is 0 Å². The van der Waals surface area contributed by atoms with Crippen molar-refractivity contribution in [2.24, 2.45) is 11.3 Å². The second-order valence-corrected chi connectivity index (χ2v) is 7.08. The predicted octanol–water partition coefficient (Wildman–Crippen LogP) is 4.12. The van der Waals surface area contributed by atoms with Gasteiger partial charge in [-0.05, 0) is 49.9 Å². The molecule has 1 nitrogen and oxygen atoms in total. The van der Waals surface area contributed by atoms with Gasteiger partial charge in [0.2, 0.25) is 0 Å². The summed E-state index contributed by atoms with van der Waals surface area (Å²) < 4.78 is 0. The Labute approximate surface area is 101 Å². The van der Waals surface area contributed by atoms with Gasteiger partial charge >= 0.3 is 0 Å². The second kappa shape index (κ2) is 5.08. The molecule has 0 amide bonds. The molecule has 0 saturated heterocycles. The largest absolute Gasteiger partial charge is 0.311 e. The lowest BCUT2D eigenvalue weighted by Crippen LogP contribution is -2.37. The molecular weight excluding hydrogens is 194 g/mol. The van der Waals surface area contributed by atoms with Gasteiger partial charge in [-0.1, -0.05) is 33.6 Å². The zero-order chi connectivity index (χ0) is 11.6. The maximum Gasteiger partial charge on any atom is 0.00749 e. The van der Waals surface area contributed by atoms with Gasteiger partial charge in [0.05, 0.1) is 0 Å². The van der Waals surface area contributed by atoms with Gasteiger partial charge in [0, 0.05) is 12.1 Å². The Kier molecular flexibility index (Phi) is 3.94. The van der Waals surface area contributed by atoms with Crippen LogP contribution >= 0.6 is 0 Å². The minimum absolute atomic E-state index is 0.593. The molecule has 2 saturated carbocycles. The molecule has 2 rings (SSSR count). The van der Waals surface area contributed by atoms with Gasteiger partial charge in [-0.2, -0.15) is 0 Å². The summed E-state index contributed by atoms with van der Waals surface area (Å²) in [4.78, 5) is 0. The van der Waals surface area contributed by atoms with Crippen LogP contribution in [-0.4, -0.2) is 12.1 Å². The van der Waals surface area contributed by atoms with E-state index in [2.05, 4.69) is 26.1 Å². The van der Waals surface area contributed by atoms with E-state index < -0.39 is 0 Å². The van der Waals surface area contributed by atoms with Crippen molar-refractivity contribution in [2.45, 2.75) is 84.2 Å². The standard InChI is InChI=1S/C15H29N/c1-12-5-4-6-13(8-7-12)16-14-9-10-15(2,3)11-14/h12-14,16H,4-11H2,1-3H3. The molecule has 0 spiro atoms. The maximum absolute atomic E-state index is 3.93. The third-order valence-corrected chi connectivity index (χ3v) is 4.70. The molecule has 3 unspecified atom stereocenters. The predicted molar refractivity (Wildman–Crippen MR) is 70.6 cm³/mol. The summed E-state index contributed by atoms with van der Waals surface area (Å²) in [6, 6.07) is 1.64. The Morgan fingerprint density at radius 1 is 0.938 bits per heavy atom. The van der Waals surface area contributed by atoms with Gasteiger partial charge < -0.3 is 5.32 Å². The van der Waals surface area contributed by atoms with Crippen LogP contribution in [0.3, 0.4) is 0 Å². The SMILES string of the molecule is CC1CCCC(NC2CCC(C)(C)C2)CC1. The molecule has 0 aromatic rings. The van der Waals surface area contributed by atoms with Gasteiger partial charge in [-0.25, -0.2) is 0 Å². The maximum atomic E-state index is 3.93. The first-order valence-electron chi connectivity index (χ1n) is 7.31. The summed E-state index contributed by atoms with van der Waals surface area (Å²) in [5, 5.41) is 3.93. The Bertz CT molecular complexity index is 221. The topological polar surface area (TPSA) is 12.0 Å². The molecule has 0 bridgehead atoms. The fourth-order valence-electron chi connectivity index (χ4n) is 3.57. The van der Waals surface area contributed by atoms with Crippen LogP contribution in [0.2, 0.25) is 0 Å². The lowest BCUT2D eigenvalue weighted by molar-refractivity contribution is 0.340. The van der Waals surface area contributed by atoms with E-state index in [0.29, 0.717) is 5.41 Å². The molecule has 0 aromatic heterocycles. The first kappa shape index (κ1) is 12.4. The lowest BCUT2D eigenvalue weighted by Gasteiger charge is -2.23. The summed E-state index contributed by atoms with van der Waals surface area (Å²) in [5.41, 5.74) is 0.593. The summed E-state index contributed by atoms with van der Waals surface area (Å²) in [6.45, 7) is 7.26. The molecule has 0 radical (unpaired) electrons. The zero-order valence-corrected chi connectivity index (χ0v) is 11.4. The van der Waals surface area contributed by atoms with Crippen molar-refractivity contribution in [1.29, 1.82) is 0 Å². The van der Waals surface area contributed by atoms with E-state index in [1.54, 1.807) is 0 Å². The Morgan fingerprint density at radius 2 is 1.75 bits per heavy atom. The number of hydrogen-bond acceptors (Lipinski definition) is 1. The fraction of sp³-hybridized carbons (Fsp3) is 1.00. The fourth-order valence-corrected chi connectivity index (χ4v) is 3.57. The van der Waals surface area contributed by atoms with E-state index >= 15 is 0 Å². The highest BCUT2D eigenvalue weighted by molar-refractivity contribution is 4.88.